The summed E-state index contributed by atoms with van der Waals surface area (Å²) in [6.07, 6.45) is 0. The highest BCUT2D eigenvalue weighted by Crippen LogP contribution is 2.55. The van der Waals surface area contributed by atoms with Crippen LogP contribution in [0.5, 0.6) is 0 Å². The number of halogens is 2. The van der Waals surface area contributed by atoms with Crippen molar-refractivity contribution >= 4 is 85.7 Å². The van der Waals surface area contributed by atoms with Gasteiger partial charge in [0, 0.05) is 8.95 Å². The molecule has 0 atom stereocenters. The molecule has 0 aliphatic rings. The summed E-state index contributed by atoms with van der Waals surface area (Å²) in [7, 11) is 0. The van der Waals surface area contributed by atoms with Gasteiger partial charge in [-0.25, -0.2) is 0 Å². The molecule has 300 valence electrons. The molecule has 12 aromatic rings. The highest BCUT2D eigenvalue weighted by atomic mass is 79.9. The van der Waals surface area contributed by atoms with E-state index in [4.69, 9.17) is 0 Å². The highest BCUT2D eigenvalue weighted by molar-refractivity contribution is 9.10. The van der Waals surface area contributed by atoms with Crippen molar-refractivity contribution in [1.29, 1.82) is 0 Å². The van der Waals surface area contributed by atoms with E-state index >= 15 is 0 Å². The molecule has 0 fully saturated rings. The smallest absolute Gasteiger partial charge is 0.0181 e. The molecule has 0 radical (unpaired) electrons. The third-order valence-electron chi connectivity index (χ3n) is 12.9. The van der Waals surface area contributed by atoms with Crippen LogP contribution in [-0.4, -0.2) is 0 Å². The molecule has 0 aliphatic heterocycles. The van der Waals surface area contributed by atoms with Crippen LogP contribution in [0, 0.1) is 0 Å². The summed E-state index contributed by atoms with van der Waals surface area (Å²) in [5.41, 5.74) is 14.5. The second-order valence-electron chi connectivity index (χ2n) is 16.5. The molecule has 0 amide bonds. The zero-order valence-corrected chi connectivity index (χ0v) is 37.9. The number of hydrogen-bond acceptors (Lipinski definition) is 0. The first-order valence-electron chi connectivity index (χ1n) is 21.7. The van der Waals surface area contributed by atoms with Crippen molar-refractivity contribution in [1.82, 2.24) is 0 Å². The van der Waals surface area contributed by atoms with Crippen molar-refractivity contribution in [3.05, 3.63) is 239 Å². The Kier molecular flexibility index (Phi) is 9.59. The first-order chi connectivity index (χ1) is 31.6. The maximum absolute atomic E-state index is 3.88. The molecular weight excluding hydrogens is 904 g/mol. The summed E-state index contributed by atoms with van der Waals surface area (Å²) in [6.45, 7) is 0. The molecule has 0 unspecified atom stereocenters. The fourth-order valence-electron chi connectivity index (χ4n) is 10.3. The van der Waals surface area contributed by atoms with Gasteiger partial charge in [0.05, 0.1) is 0 Å². The average molecular weight is 943 g/mol. The Hall–Kier alpha value is -7.10. The van der Waals surface area contributed by atoms with Gasteiger partial charge in [-0.15, -0.1) is 0 Å². The van der Waals surface area contributed by atoms with Crippen LogP contribution in [0.2, 0.25) is 0 Å². The number of hydrogen-bond donors (Lipinski definition) is 0. The van der Waals surface area contributed by atoms with E-state index in [1.165, 1.54) is 121 Å². The van der Waals surface area contributed by atoms with E-state index in [-0.39, 0.29) is 0 Å². The predicted molar refractivity (Wildman–Crippen MR) is 282 cm³/mol. The Morgan fingerprint density at radius 2 is 0.438 bits per heavy atom. The molecule has 2 heteroatoms. The minimum atomic E-state index is 1.06. The molecular formula is C62H38Br2. The van der Waals surface area contributed by atoms with E-state index in [2.05, 4.69) is 262 Å². The number of rotatable bonds is 6. The second kappa shape index (κ2) is 15.9. The molecule has 0 N–H and O–H groups in total. The largest absolute Gasteiger partial charge is 0.0622 e. The van der Waals surface area contributed by atoms with E-state index in [1.54, 1.807) is 0 Å². The maximum atomic E-state index is 3.88. The fraction of sp³-hybridized carbons (Fsp3) is 0. The Morgan fingerprint density at radius 3 is 0.734 bits per heavy atom. The van der Waals surface area contributed by atoms with Crippen LogP contribution in [0.4, 0.5) is 0 Å². The highest BCUT2D eigenvalue weighted by Gasteiger charge is 2.28. The molecule has 0 heterocycles. The first-order valence-corrected chi connectivity index (χ1v) is 23.3. The van der Waals surface area contributed by atoms with Crippen LogP contribution in [0.1, 0.15) is 0 Å². The van der Waals surface area contributed by atoms with Gasteiger partial charge < -0.3 is 0 Å². The zero-order chi connectivity index (χ0) is 42.7. The van der Waals surface area contributed by atoms with E-state index in [0.717, 1.165) is 8.95 Å². The summed E-state index contributed by atoms with van der Waals surface area (Å²) in [5.74, 6) is 0. The molecule has 0 bridgehead atoms. The standard InChI is InChI=1S/C62H38Br2/c63-45-31-33-47-49(35-45)50-36-46(64)32-34-48(50)62-58(42-25-13-4-14-26-42)54-38-52-51(37-53(54)57(61(47)62)41-23-11-3-12-24-41)55(39-19-7-1-8-20-39)59(43-27-15-5-16-28-43)60(44-29-17-6-18-30-44)56(52)40-21-9-2-10-22-40/h1-38H. The Bertz CT molecular complexity index is 3490. The van der Waals surface area contributed by atoms with E-state index < -0.39 is 0 Å². The molecule has 64 heavy (non-hydrogen) atoms. The summed E-state index contributed by atoms with van der Waals surface area (Å²) in [6, 6.07) is 85.0. The van der Waals surface area contributed by atoms with Gasteiger partial charge in [-0.3, -0.25) is 0 Å². The van der Waals surface area contributed by atoms with Gasteiger partial charge in [-0.2, -0.15) is 0 Å². The molecule has 0 saturated carbocycles. The summed E-state index contributed by atoms with van der Waals surface area (Å²) in [4.78, 5) is 0. The van der Waals surface area contributed by atoms with Crippen molar-refractivity contribution < 1.29 is 0 Å². The number of benzene rings is 12. The molecule has 0 saturated heterocycles. The van der Waals surface area contributed by atoms with Gasteiger partial charge in [0.1, 0.15) is 0 Å². The van der Waals surface area contributed by atoms with Gasteiger partial charge in [0.2, 0.25) is 0 Å². The average Bonchev–Trinajstić information content (AvgIpc) is 3.36. The Morgan fingerprint density at radius 1 is 0.188 bits per heavy atom. The summed E-state index contributed by atoms with van der Waals surface area (Å²) in [5, 5.41) is 12.2. The molecule has 12 rings (SSSR count). The van der Waals surface area contributed by atoms with Crippen molar-refractivity contribution in [3.63, 3.8) is 0 Å². The van der Waals surface area contributed by atoms with Crippen molar-refractivity contribution in [2.75, 3.05) is 0 Å². The normalized spacial score (nSPS) is 11.6. The minimum Gasteiger partial charge on any atom is -0.0622 e. The van der Waals surface area contributed by atoms with Gasteiger partial charge in [0.15, 0.2) is 0 Å². The van der Waals surface area contributed by atoms with E-state index in [0.29, 0.717) is 0 Å². The lowest BCUT2D eigenvalue weighted by Gasteiger charge is -2.26. The number of fused-ring (bicyclic) bond motifs is 8. The zero-order valence-electron chi connectivity index (χ0n) is 34.7. The quantitative estimate of drug-likeness (QED) is 0.115. The van der Waals surface area contributed by atoms with Crippen LogP contribution >= 0.6 is 31.9 Å². The molecule has 0 nitrogen and oxygen atoms in total. The summed E-state index contributed by atoms with van der Waals surface area (Å²) < 4.78 is 2.11. The van der Waals surface area contributed by atoms with E-state index in [1.807, 2.05) is 0 Å². The minimum absolute atomic E-state index is 1.06. The monoisotopic (exact) mass is 940 g/mol. The van der Waals surface area contributed by atoms with Gasteiger partial charge in [-0.05, 0) is 157 Å². The second-order valence-corrected chi connectivity index (χ2v) is 18.4. The molecule has 0 aromatic heterocycles. The molecule has 12 aromatic carbocycles. The summed E-state index contributed by atoms with van der Waals surface area (Å²) >= 11 is 7.75. The lowest BCUT2D eigenvalue weighted by molar-refractivity contribution is 1.57. The van der Waals surface area contributed by atoms with Gasteiger partial charge in [0.25, 0.3) is 0 Å². The third kappa shape index (κ3) is 6.32. The van der Waals surface area contributed by atoms with Crippen LogP contribution in [-0.2, 0) is 0 Å². The predicted octanol–water partition coefficient (Wildman–Crippen LogP) is 19.0. The van der Waals surface area contributed by atoms with Crippen molar-refractivity contribution in [2.24, 2.45) is 0 Å². The first kappa shape index (κ1) is 38.6. The van der Waals surface area contributed by atoms with Crippen LogP contribution in [0.3, 0.4) is 0 Å². The Labute approximate surface area is 389 Å². The Balaban J connectivity index is 1.43. The van der Waals surface area contributed by atoms with Crippen LogP contribution < -0.4 is 0 Å². The van der Waals surface area contributed by atoms with E-state index in [9.17, 15) is 0 Å². The third-order valence-corrected chi connectivity index (χ3v) is 13.9. The SMILES string of the molecule is Brc1ccc2c(c1)c1cc(Br)ccc1c1c(-c3ccccc3)c3cc4c(-c5ccccc5)c(-c5ccccc5)c(-c5ccccc5)c(-c5ccccc5)c4cc3c(-c3ccccc3)c21. The van der Waals surface area contributed by atoms with Gasteiger partial charge in [-0.1, -0.05) is 226 Å². The van der Waals surface area contributed by atoms with Gasteiger partial charge >= 0.3 is 0 Å². The molecule has 0 aliphatic carbocycles. The van der Waals surface area contributed by atoms with Crippen molar-refractivity contribution in [2.45, 2.75) is 0 Å². The maximum Gasteiger partial charge on any atom is 0.0181 e. The molecule has 0 spiro atoms. The fourth-order valence-corrected chi connectivity index (χ4v) is 11.0. The van der Waals surface area contributed by atoms with Crippen LogP contribution in [0.25, 0.3) is 121 Å². The van der Waals surface area contributed by atoms with Crippen molar-refractivity contribution in [3.8, 4) is 66.8 Å². The lowest BCUT2D eigenvalue weighted by Crippen LogP contribution is -1.99. The van der Waals surface area contributed by atoms with Crippen LogP contribution in [0.15, 0.2) is 239 Å². The lowest BCUT2D eigenvalue weighted by atomic mass is 9.76. The topological polar surface area (TPSA) is 0 Å².